The molecule has 9 heteroatoms. The van der Waals surface area contributed by atoms with E-state index in [1.807, 2.05) is 0 Å². The summed E-state index contributed by atoms with van der Waals surface area (Å²) in [4.78, 5) is 35.1. The van der Waals surface area contributed by atoms with E-state index >= 15 is 0 Å². The molecule has 7 nitrogen and oxygen atoms in total. The van der Waals surface area contributed by atoms with Crippen molar-refractivity contribution in [2.75, 3.05) is 19.4 Å². The molecule has 0 saturated carbocycles. The van der Waals surface area contributed by atoms with Gasteiger partial charge in [-0.05, 0) is 36.6 Å². The topological polar surface area (TPSA) is 107 Å². The molecule has 0 aliphatic rings. The molecule has 0 spiro atoms. The zero-order chi connectivity index (χ0) is 22.3. The highest BCUT2D eigenvalue weighted by atomic mass is 35.5. The van der Waals surface area contributed by atoms with Gasteiger partial charge in [-0.15, -0.1) is 0 Å². The molecule has 0 aliphatic heterocycles. The largest absolute Gasteiger partial charge is 0.454 e. The fourth-order valence-electron chi connectivity index (χ4n) is 2.63. The van der Waals surface area contributed by atoms with Crippen LogP contribution >= 0.6 is 11.6 Å². The van der Waals surface area contributed by atoms with Crippen LogP contribution in [0.5, 0.6) is 0 Å². The number of esters is 1. The van der Waals surface area contributed by atoms with Gasteiger partial charge in [0.15, 0.2) is 22.2 Å². The Morgan fingerprint density at radius 1 is 1.03 bits per heavy atom. The van der Waals surface area contributed by atoms with Crippen molar-refractivity contribution in [2.45, 2.75) is 24.7 Å². The van der Waals surface area contributed by atoms with Crippen molar-refractivity contribution in [2.24, 2.45) is 0 Å². The first kappa shape index (κ1) is 23.6. The average molecular weight is 452 g/mol. The summed E-state index contributed by atoms with van der Waals surface area (Å²) < 4.78 is 28.4. The number of nitrogens with one attached hydrogen (secondary N) is 1. The molecule has 0 unspecified atom stereocenters. The SMILES string of the molecule is CC(=O)NCCCc1ccc(C(=O)COC(=O)c2ccc(Cl)c(S(C)(=O)=O)c2)cc1. The fourth-order valence-corrected chi connectivity index (χ4v) is 3.93. The van der Waals surface area contributed by atoms with Crippen molar-refractivity contribution in [3.05, 3.63) is 64.2 Å². The number of sulfone groups is 1. The monoisotopic (exact) mass is 451 g/mol. The Labute approximate surface area is 180 Å². The van der Waals surface area contributed by atoms with Crippen molar-refractivity contribution in [1.82, 2.24) is 5.32 Å². The Bertz CT molecular complexity index is 1050. The number of ketones is 1. The van der Waals surface area contributed by atoms with E-state index in [4.69, 9.17) is 16.3 Å². The van der Waals surface area contributed by atoms with Crippen molar-refractivity contribution < 1.29 is 27.5 Å². The lowest BCUT2D eigenvalue weighted by atomic mass is 10.1. The smallest absolute Gasteiger partial charge is 0.338 e. The minimum absolute atomic E-state index is 0.00212. The Kier molecular flexibility index (Phi) is 8.14. The van der Waals surface area contributed by atoms with Gasteiger partial charge in [-0.3, -0.25) is 9.59 Å². The molecule has 0 fully saturated rings. The predicted octanol–water partition coefficient (Wildman–Crippen LogP) is 2.85. The molecule has 1 amide bonds. The Balaban J connectivity index is 1.92. The van der Waals surface area contributed by atoms with Crippen LogP contribution in [0.15, 0.2) is 47.4 Å². The summed E-state index contributed by atoms with van der Waals surface area (Å²) in [6, 6.07) is 10.7. The number of benzene rings is 2. The molecule has 160 valence electrons. The van der Waals surface area contributed by atoms with Gasteiger partial charge in [0.25, 0.3) is 0 Å². The van der Waals surface area contributed by atoms with Crippen LogP contribution in [0.2, 0.25) is 5.02 Å². The van der Waals surface area contributed by atoms with Gasteiger partial charge >= 0.3 is 5.97 Å². The molecule has 0 saturated heterocycles. The molecule has 2 aromatic carbocycles. The van der Waals surface area contributed by atoms with Gasteiger partial charge in [-0.1, -0.05) is 35.9 Å². The summed E-state index contributed by atoms with van der Waals surface area (Å²) in [5.74, 6) is -1.28. The van der Waals surface area contributed by atoms with Crippen LogP contribution in [0.25, 0.3) is 0 Å². The van der Waals surface area contributed by atoms with Gasteiger partial charge in [-0.25, -0.2) is 13.2 Å². The molecule has 0 aromatic heterocycles. The predicted molar refractivity (Wildman–Crippen MR) is 113 cm³/mol. The summed E-state index contributed by atoms with van der Waals surface area (Å²) in [5, 5.41) is 2.72. The molecule has 1 N–H and O–H groups in total. The minimum atomic E-state index is -3.61. The molecule has 0 atom stereocenters. The third-order valence-corrected chi connectivity index (χ3v) is 5.77. The first-order chi connectivity index (χ1) is 14.1. The second-order valence-corrected chi connectivity index (χ2v) is 9.09. The van der Waals surface area contributed by atoms with Gasteiger partial charge in [0.05, 0.1) is 15.5 Å². The lowest BCUT2D eigenvalue weighted by molar-refractivity contribution is -0.118. The number of aryl methyl sites for hydroxylation is 1. The summed E-state index contributed by atoms with van der Waals surface area (Å²) in [5.41, 5.74) is 1.40. The molecule has 0 bridgehead atoms. The number of rotatable bonds is 9. The molecular weight excluding hydrogens is 430 g/mol. The number of hydrogen-bond acceptors (Lipinski definition) is 6. The minimum Gasteiger partial charge on any atom is -0.454 e. The average Bonchev–Trinajstić information content (AvgIpc) is 2.69. The molecule has 0 aliphatic carbocycles. The zero-order valence-electron chi connectivity index (χ0n) is 16.6. The maximum absolute atomic E-state index is 12.3. The number of carbonyl (C=O) groups excluding carboxylic acids is 3. The highest BCUT2D eigenvalue weighted by molar-refractivity contribution is 7.90. The first-order valence-electron chi connectivity index (χ1n) is 9.11. The number of amides is 1. The lowest BCUT2D eigenvalue weighted by Crippen LogP contribution is -2.21. The molecule has 30 heavy (non-hydrogen) atoms. The van der Waals surface area contributed by atoms with Crippen molar-refractivity contribution in [1.29, 1.82) is 0 Å². The Morgan fingerprint density at radius 2 is 1.67 bits per heavy atom. The number of hydrogen-bond donors (Lipinski definition) is 1. The number of ether oxygens (including phenoxy) is 1. The maximum atomic E-state index is 12.3. The second kappa shape index (κ2) is 10.4. The van der Waals surface area contributed by atoms with Gasteiger partial charge in [0.1, 0.15) is 0 Å². The number of carbonyl (C=O) groups is 3. The third-order valence-electron chi connectivity index (χ3n) is 4.19. The number of Topliss-reactive ketones (excluding diaryl/α,β-unsaturated/α-hetero) is 1. The molecule has 0 heterocycles. The van der Waals surface area contributed by atoms with Crippen molar-refractivity contribution in [3.8, 4) is 0 Å². The summed E-state index contributed by atoms with van der Waals surface area (Å²) in [6.07, 6.45) is 2.51. The highest BCUT2D eigenvalue weighted by Gasteiger charge is 2.17. The van der Waals surface area contributed by atoms with Crippen LogP contribution in [-0.2, 0) is 25.8 Å². The summed E-state index contributed by atoms with van der Waals surface area (Å²) in [6.45, 7) is 1.57. The van der Waals surface area contributed by atoms with Gasteiger partial charge in [0, 0.05) is 25.3 Å². The van der Waals surface area contributed by atoms with E-state index in [1.54, 1.807) is 24.3 Å². The van der Waals surface area contributed by atoms with E-state index < -0.39 is 22.4 Å². The molecule has 2 aromatic rings. The van der Waals surface area contributed by atoms with Crippen LogP contribution in [-0.4, -0.2) is 45.5 Å². The zero-order valence-corrected chi connectivity index (χ0v) is 18.2. The summed E-state index contributed by atoms with van der Waals surface area (Å²) >= 11 is 5.86. The van der Waals surface area contributed by atoms with Gasteiger partial charge in [0.2, 0.25) is 5.91 Å². The second-order valence-electron chi connectivity index (χ2n) is 6.70. The van der Waals surface area contributed by atoms with Crippen molar-refractivity contribution in [3.63, 3.8) is 0 Å². The van der Waals surface area contributed by atoms with E-state index in [1.165, 1.54) is 19.1 Å². The van der Waals surface area contributed by atoms with E-state index in [0.29, 0.717) is 12.1 Å². The number of halogens is 1. The van der Waals surface area contributed by atoms with Gasteiger partial charge < -0.3 is 10.1 Å². The maximum Gasteiger partial charge on any atom is 0.338 e. The first-order valence-corrected chi connectivity index (χ1v) is 11.4. The van der Waals surface area contributed by atoms with Crippen LogP contribution in [0.4, 0.5) is 0 Å². The van der Waals surface area contributed by atoms with E-state index in [9.17, 15) is 22.8 Å². The standard InChI is InChI=1S/C21H22ClNO6S/c1-14(24)23-11-3-4-15-5-7-16(8-6-15)19(25)13-29-21(26)17-9-10-18(22)20(12-17)30(2,27)28/h5-10,12H,3-4,11,13H2,1-2H3,(H,23,24). The van der Waals surface area contributed by atoms with Crippen molar-refractivity contribution >= 4 is 39.1 Å². The fraction of sp³-hybridized carbons (Fsp3) is 0.286. The third kappa shape index (κ3) is 6.96. The quantitative estimate of drug-likeness (QED) is 0.357. The normalized spacial score (nSPS) is 11.0. The Hall–Kier alpha value is -2.71. The molecule has 0 radical (unpaired) electrons. The Morgan fingerprint density at radius 3 is 2.27 bits per heavy atom. The van der Waals surface area contributed by atoms with Gasteiger partial charge in [-0.2, -0.15) is 0 Å². The lowest BCUT2D eigenvalue weighted by Gasteiger charge is -2.08. The van der Waals surface area contributed by atoms with E-state index in [2.05, 4.69) is 5.32 Å². The molecule has 2 rings (SSSR count). The van der Waals surface area contributed by atoms with E-state index in [0.717, 1.165) is 30.7 Å². The summed E-state index contributed by atoms with van der Waals surface area (Å²) in [7, 11) is -3.61. The highest BCUT2D eigenvalue weighted by Crippen LogP contribution is 2.23. The van der Waals surface area contributed by atoms with Crippen LogP contribution in [0.1, 0.15) is 39.6 Å². The van der Waals surface area contributed by atoms with E-state index in [-0.39, 0.29) is 27.2 Å². The van der Waals surface area contributed by atoms with Crippen LogP contribution in [0.3, 0.4) is 0 Å². The van der Waals surface area contributed by atoms with Crippen LogP contribution in [0, 0.1) is 0 Å². The molecular formula is C21H22ClNO6S. The van der Waals surface area contributed by atoms with Crippen LogP contribution < -0.4 is 5.32 Å².